The van der Waals surface area contributed by atoms with Gasteiger partial charge in [-0.1, -0.05) is 156 Å². The molecule has 44 heteroatoms. The monoisotopic (exact) mass is 1780 g/mol. The number of alkyl carbamates (subject to hydrolysis) is 2. The number of hydrogen-bond acceptors (Lipinski definition) is 28. The van der Waals surface area contributed by atoms with Gasteiger partial charge in [0.15, 0.2) is 17.2 Å². The molecule has 3 aliphatic rings. The van der Waals surface area contributed by atoms with Crippen LogP contribution in [0.4, 0.5) is 21.4 Å². The summed E-state index contributed by atoms with van der Waals surface area (Å²) >= 11 is 4.21. The Balaban J connectivity index is 0.000000374. The second-order valence-corrected chi connectivity index (χ2v) is 35.1. The van der Waals surface area contributed by atoms with Crippen LogP contribution >= 0.6 is 57.7 Å². The molecule has 0 radical (unpaired) electrons. The summed E-state index contributed by atoms with van der Waals surface area (Å²) in [6, 6.07) is 27.0. The highest BCUT2D eigenvalue weighted by atomic mass is 33.1. The van der Waals surface area contributed by atoms with Gasteiger partial charge in [-0.15, -0.1) is 0 Å². The van der Waals surface area contributed by atoms with E-state index in [4.69, 9.17) is 50.8 Å². The van der Waals surface area contributed by atoms with Crippen LogP contribution in [0.5, 0.6) is 0 Å². The number of fused-ring (bicyclic) bond motifs is 7. The summed E-state index contributed by atoms with van der Waals surface area (Å²) in [5, 5.41) is 56.5. The number of ketones is 3. The maximum atomic E-state index is 13.6. The number of Topliss-reactive ketones (excluding diaryl/α,β-unsaturated/α-hetero) is 3. The molecular weight excluding hydrogens is 1690 g/mol. The van der Waals surface area contributed by atoms with Gasteiger partial charge >= 0.3 is 59.5 Å². The first-order valence-electron chi connectivity index (χ1n) is 37.7. The number of phosphoric acid groups is 3. The summed E-state index contributed by atoms with van der Waals surface area (Å²) in [6.45, 7) is -0.754. The Bertz CT molecular complexity index is 4840. The number of ether oxygens (including phenoxy) is 3. The van der Waals surface area contributed by atoms with Crippen LogP contribution in [-0.4, -0.2) is 198 Å². The zero-order valence-electron chi connectivity index (χ0n) is 64.3. The van der Waals surface area contributed by atoms with Gasteiger partial charge in [-0.05, 0) is 70.2 Å². The number of phosphoric ester groups is 1. The lowest BCUT2D eigenvalue weighted by Crippen LogP contribution is -2.43. The smallest absolute Gasteiger partial charge is 0.481 e. The quantitative estimate of drug-likeness (QED) is 0.00558. The van der Waals surface area contributed by atoms with E-state index in [1.54, 1.807) is 0 Å². The predicted octanol–water partition coefficient (Wildman–Crippen LogP) is 8.70. The van der Waals surface area contributed by atoms with Gasteiger partial charge in [0.1, 0.15) is 55.3 Å². The number of aliphatic carboxylic acids is 4. The molecule has 1 saturated heterocycles. The first-order chi connectivity index (χ1) is 57.0. The molecule has 38 nitrogen and oxygen atoms in total. The van der Waals surface area contributed by atoms with Gasteiger partial charge < -0.3 is 96.6 Å². The molecule has 9 rings (SSSR count). The van der Waals surface area contributed by atoms with Gasteiger partial charge in [-0.3, -0.25) is 38.1 Å². The molecule has 4 amide bonds. The summed E-state index contributed by atoms with van der Waals surface area (Å²) < 4.78 is 65.4. The number of nitrogens with two attached hydrogens (primary N) is 2. The highest BCUT2D eigenvalue weighted by Gasteiger charge is 2.44. The first-order valence-corrected chi connectivity index (χ1v) is 45.3. The lowest BCUT2D eigenvalue weighted by Gasteiger charge is -2.19. The molecule has 3 heterocycles. The van der Waals surface area contributed by atoms with Gasteiger partial charge in [0, 0.05) is 86.7 Å². The fourth-order valence-electron chi connectivity index (χ4n) is 13.3. The number of carbonyl (C=O) groups excluding carboxylic acids is 7. The number of aromatic nitrogens is 3. The molecule has 648 valence electrons. The number of carbonyl (C=O) groups is 11. The van der Waals surface area contributed by atoms with Crippen LogP contribution < -0.4 is 32.7 Å². The normalized spacial score (nSPS) is 16.6. The van der Waals surface area contributed by atoms with Gasteiger partial charge in [0.2, 0.25) is 17.8 Å². The maximum absolute atomic E-state index is 13.6. The number of thiol groups is 1. The zero-order valence-corrected chi connectivity index (χ0v) is 69.5. The molecule has 9 atom stereocenters. The average Bonchev–Trinajstić information content (AvgIpc) is 1.63. The predicted molar refractivity (Wildman–Crippen MR) is 438 cm³/mol. The minimum Gasteiger partial charge on any atom is -0.481 e. The van der Waals surface area contributed by atoms with Crippen LogP contribution in [0, 0.1) is 11.8 Å². The molecule has 1 aliphatic heterocycles. The zero-order chi connectivity index (χ0) is 87.4. The van der Waals surface area contributed by atoms with Crippen LogP contribution in [0.25, 0.3) is 33.3 Å². The number of amides is 4. The number of anilines is 2. The molecule has 9 unspecified atom stereocenters. The Kier molecular flexibility index (Phi) is 36.7. The Morgan fingerprint density at radius 3 is 1.48 bits per heavy atom. The molecule has 6 aromatic rings. The molecule has 0 saturated carbocycles. The average molecular weight is 1780 g/mol. The molecule has 2 aromatic heterocycles. The lowest BCUT2D eigenvalue weighted by atomic mass is 9.98. The van der Waals surface area contributed by atoms with E-state index in [1.807, 2.05) is 84.9 Å². The number of nitrogen functional groups attached to an aromatic ring is 2. The van der Waals surface area contributed by atoms with E-state index < -0.39 is 133 Å². The Morgan fingerprint density at radius 1 is 0.567 bits per heavy atom. The van der Waals surface area contributed by atoms with Crippen molar-refractivity contribution in [3.63, 3.8) is 0 Å². The largest absolute Gasteiger partial charge is 0.490 e. The number of aliphatic hydroxyl groups excluding tert-OH is 1. The second-order valence-electron chi connectivity index (χ2n) is 27.7. The molecule has 1 fully saturated rings. The first kappa shape index (κ1) is 95.9. The second kappa shape index (κ2) is 45.9. The standard InChI is InChI=1S/C47H58N7O21P3S2.C29H34N2O8S/c48-43-42-27(23-54(44(42)53-46(49)52-43)40-22-37(57)38(73-40)25-72-77(67,68)75-78(69,70)74-76(64,65)66)11-5-6-12-28(55)19-20-79-80-26-35(36(56)17-3-1-2-4-18-39(58)50-34(45(61)62)21-41(59)60)51-47(63)71-24-33-31-15-9-7-13-29(31)30-14-8-10-16-32(30)33;32-25(13-3-1-2-4-14-26(33)30-23(28(36)37)15-27(34)35)24(17-40)31-29(38)39-16-22-20-11-7-5-9-18(20)19-10-6-8-12-21(19)22/h7-10,13-16,23,33-35,37-38,40,57H,1-4,6,12,17-22,24-26H2,(H,50,58)(H,51,63)(H,59,60)(H,61,62)(H,67,68)(H,69,70)(H2,64,65,66)(H4,48,49,52,53);5-12,22-24,40H,1-4,13-17H2,(H,30,33)(H,31,38)(H,34,35)(H,36,37). The van der Waals surface area contributed by atoms with Crippen LogP contribution in [0.15, 0.2) is 103 Å². The fraction of sp³-hybridized carbons (Fsp3) is 0.434. The SMILES string of the molecule is Nc1nc(N)c2c(C#CCCC(=O)CCSSCC(NC(=O)OCC3c4ccccc4-c4ccccc43)C(=O)CCCCCCC(=O)NC(CC(=O)O)C(=O)O)cn(C3CC(O)C(COP(=O)(O)OP(=O)(O)OP(=O)(O)O)O3)c2n1.O=C(O)CC(NC(=O)CCCCCCC(=O)C(CS)NC(=O)OCC1c2ccccc2-c2ccccc21)C(=O)O. The van der Waals surface area contributed by atoms with Crippen LogP contribution in [0.3, 0.4) is 0 Å². The Morgan fingerprint density at radius 2 is 1.02 bits per heavy atom. The van der Waals surface area contributed by atoms with Crippen molar-refractivity contribution in [3.05, 3.63) is 131 Å². The minimum atomic E-state index is -5.80. The highest BCUT2D eigenvalue weighted by molar-refractivity contribution is 8.76. The van der Waals surface area contributed by atoms with Gasteiger partial charge in [0.05, 0.1) is 42.5 Å². The summed E-state index contributed by atoms with van der Waals surface area (Å²) in [5.41, 5.74) is 21.0. The number of carboxylic acid groups (broad SMARTS) is 4. The summed E-state index contributed by atoms with van der Waals surface area (Å²) in [7, 11) is -14.3. The molecule has 120 heavy (non-hydrogen) atoms. The van der Waals surface area contributed by atoms with Gasteiger partial charge in [-0.2, -0.15) is 31.2 Å². The number of carboxylic acids is 4. The van der Waals surface area contributed by atoms with E-state index in [0.29, 0.717) is 57.1 Å². The number of nitrogens with zero attached hydrogens (tertiary/aromatic N) is 3. The van der Waals surface area contributed by atoms with Crippen LogP contribution in [0.2, 0.25) is 0 Å². The third kappa shape index (κ3) is 29.6. The van der Waals surface area contributed by atoms with Crippen LogP contribution in [0.1, 0.15) is 161 Å². The van der Waals surface area contributed by atoms with Crippen molar-refractivity contribution >= 4 is 146 Å². The van der Waals surface area contributed by atoms with Crippen molar-refractivity contribution in [2.24, 2.45) is 0 Å². The third-order valence-electron chi connectivity index (χ3n) is 19.0. The number of hydrogen-bond donors (Lipinski definition) is 16. The number of rotatable bonds is 47. The van der Waals surface area contributed by atoms with E-state index in [2.05, 4.69) is 81.0 Å². The van der Waals surface area contributed by atoms with Crippen molar-refractivity contribution in [1.29, 1.82) is 0 Å². The Hall–Kier alpha value is -9.59. The van der Waals surface area contributed by atoms with Crippen molar-refractivity contribution in [2.45, 2.75) is 170 Å². The van der Waals surface area contributed by atoms with E-state index in [-0.39, 0.29) is 134 Å². The number of aliphatic hydroxyl groups is 1. The van der Waals surface area contributed by atoms with E-state index >= 15 is 0 Å². The van der Waals surface area contributed by atoms with Crippen molar-refractivity contribution in [1.82, 2.24) is 35.8 Å². The molecule has 0 bridgehead atoms. The lowest BCUT2D eigenvalue weighted by molar-refractivity contribution is -0.147. The van der Waals surface area contributed by atoms with Crippen LogP contribution in [-0.2, 0) is 84.2 Å². The molecule has 17 N–H and O–H groups in total. The van der Waals surface area contributed by atoms with Crippen molar-refractivity contribution in [3.8, 4) is 34.1 Å². The summed E-state index contributed by atoms with van der Waals surface area (Å²) in [5.74, 6) is -1.34. The molecule has 2 aliphatic carbocycles. The molecular formula is C76H92N9O29P3S3. The molecule has 0 spiro atoms. The maximum Gasteiger partial charge on any atom is 0.490 e. The summed E-state index contributed by atoms with van der Waals surface area (Å²) in [4.78, 5) is 178. The van der Waals surface area contributed by atoms with E-state index in [0.717, 1.165) is 44.5 Å². The van der Waals surface area contributed by atoms with Crippen molar-refractivity contribution in [2.75, 3.05) is 48.5 Å². The topological polar surface area (TPSA) is 607 Å². The summed E-state index contributed by atoms with van der Waals surface area (Å²) in [6.07, 6.45) is -0.628. The number of unbranched alkanes of at least 4 members (excludes halogenated alkanes) is 6. The van der Waals surface area contributed by atoms with Gasteiger partial charge in [-0.25, -0.2) is 32.9 Å². The highest BCUT2D eigenvalue weighted by Crippen LogP contribution is 2.66. The fourth-order valence-corrected chi connectivity index (χ4v) is 18.9. The number of benzene rings is 4. The minimum absolute atomic E-state index is 0.0238. The third-order valence-corrected chi connectivity index (χ3v) is 25.6. The van der Waals surface area contributed by atoms with E-state index in [1.165, 1.54) is 32.4 Å². The van der Waals surface area contributed by atoms with Gasteiger partial charge in [0.25, 0.3) is 0 Å². The van der Waals surface area contributed by atoms with E-state index in [9.17, 15) is 86.4 Å². The Labute approximate surface area is 700 Å². The number of nitrogens with one attached hydrogen (secondary N) is 4. The molecule has 4 aromatic carbocycles. The van der Waals surface area contributed by atoms with Crippen molar-refractivity contribution < 1.29 is 139 Å².